The van der Waals surface area contributed by atoms with Crippen LogP contribution in [-0.2, 0) is 11.3 Å². The highest BCUT2D eigenvalue weighted by molar-refractivity contribution is 5.76. The van der Waals surface area contributed by atoms with Gasteiger partial charge in [0.15, 0.2) is 0 Å². The van der Waals surface area contributed by atoms with E-state index in [4.69, 9.17) is 4.74 Å². The molecule has 0 bridgehead atoms. The minimum Gasteiger partial charge on any atom is -0.497 e. The van der Waals surface area contributed by atoms with Gasteiger partial charge in [-0.2, -0.15) is 10.2 Å². The molecule has 8 nitrogen and oxygen atoms in total. The lowest BCUT2D eigenvalue weighted by Gasteiger charge is -2.14. The Morgan fingerprint density at radius 3 is 2.70 bits per heavy atom. The van der Waals surface area contributed by atoms with Gasteiger partial charge in [0.25, 0.3) is 0 Å². The molecule has 0 fully saturated rings. The Morgan fingerprint density at radius 1 is 1.26 bits per heavy atom. The van der Waals surface area contributed by atoms with Crippen molar-refractivity contribution in [3.8, 4) is 11.4 Å². The van der Waals surface area contributed by atoms with Crippen molar-refractivity contribution >= 4 is 5.91 Å². The van der Waals surface area contributed by atoms with Crippen molar-refractivity contribution in [3.63, 3.8) is 0 Å². The van der Waals surface area contributed by atoms with E-state index in [-0.39, 0.29) is 11.9 Å². The normalized spacial score (nSPS) is 12.0. The predicted octanol–water partition coefficient (Wildman–Crippen LogP) is 2.44. The first-order valence-corrected chi connectivity index (χ1v) is 8.89. The standard InChI is InChI=1S/C19H24N6O2/c1-14(23-19(26)5-4-10-24-13-20-12-22-24)18-11-21-25(15(18)2)16-6-8-17(27-3)9-7-16/h6-9,11-14H,4-5,10H2,1-3H3,(H,23,26). The average molecular weight is 368 g/mol. The maximum absolute atomic E-state index is 12.2. The second kappa shape index (κ2) is 8.48. The van der Waals surface area contributed by atoms with E-state index in [0.29, 0.717) is 19.4 Å². The smallest absolute Gasteiger partial charge is 0.220 e. The van der Waals surface area contributed by atoms with Crippen molar-refractivity contribution in [2.24, 2.45) is 0 Å². The monoisotopic (exact) mass is 368 g/mol. The Bertz CT molecular complexity index is 870. The number of nitrogens with zero attached hydrogens (tertiary/aromatic N) is 5. The molecule has 0 spiro atoms. The largest absolute Gasteiger partial charge is 0.497 e. The maximum Gasteiger partial charge on any atom is 0.220 e. The zero-order valence-corrected chi connectivity index (χ0v) is 15.8. The van der Waals surface area contributed by atoms with E-state index in [0.717, 1.165) is 22.7 Å². The van der Waals surface area contributed by atoms with E-state index in [1.165, 1.54) is 6.33 Å². The topological polar surface area (TPSA) is 86.9 Å². The summed E-state index contributed by atoms with van der Waals surface area (Å²) in [5.41, 5.74) is 2.94. The van der Waals surface area contributed by atoms with Gasteiger partial charge in [0.05, 0.1) is 25.0 Å². The number of ether oxygens (including phenoxy) is 1. The molecule has 0 aliphatic heterocycles. The predicted molar refractivity (Wildman–Crippen MR) is 101 cm³/mol. The van der Waals surface area contributed by atoms with Crippen LogP contribution in [0.25, 0.3) is 5.69 Å². The molecule has 3 aromatic rings. The van der Waals surface area contributed by atoms with Crippen molar-refractivity contribution < 1.29 is 9.53 Å². The Kier molecular flexibility index (Phi) is 5.85. The summed E-state index contributed by atoms with van der Waals surface area (Å²) in [4.78, 5) is 16.1. The number of carbonyl (C=O) groups excluding carboxylic acids is 1. The molecular weight excluding hydrogens is 344 g/mol. The first kappa shape index (κ1) is 18.6. The fourth-order valence-electron chi connectivity index (χ4n) is 2.97. The van der Waals surface area contributed by atoms with Crippen LogP contribution in [0.1, 0.15) is 37.1 Å². The van der Waals surface area contributed by atoms with Crippen LogP contribution in [0.4, 0.5) is 0 Å². The van der Waals surface area contributed by atoms with E-state index in [1.54, 1.807) is 24.3 Å². The molecule has 27 heavy (non-hydrogen) atoms. The SMILES string of the molecule is COc1ccc(-n2ncc(C(C)NC(=O)CCCn3cncn3)c2C)cc1. The van der Waals surface area contributed by atoms with Crippen LogP contribution in [0.3, 0.4) is 0 Å². The van der Waals surface area contributed by atoms with Crippen LogP contribution in [0.15, 0.2) is 43.1 Å². The summed E-state index contributed by atoms with van der Waals surface area (Å²) in [5.74, 6) is 0.814. The highest BCUT2D eigenvalue weighted by Gasteiger charge is 2.16. The number of rotatable bonds is 8. The first-order chi connectivity index (χ1) is 13.1. The number of carbonyl (C=O) groups is 1. The summed E-state index contributed by atoms with van der Waals surface area (Å²) in [6.07, 6.45) is 6.10. The van der Waals surface area contributed by atoms with Gasteiger partial charge < -0.3 is 10.1 Å². The minimum atomic E-state index is -0.115. The summed E-state index contributed by atoms with van der Waals surface area (Å²) in [6, 6.07) is 7.59. The number of methoxy groups -OCH3 is 1. The van der Waals surface area contributed by atoms with Crippen molar-refractivity contribution in [1.29, 1.82) is 0 Å². The fraction of sp³-hybridized carbons (Fsp3) is 0.368. The number of aryl methyl sites for hydroxylation is 1. The molecule has 0 aliphatic carbocycles. The molecule has 1 atom stereocenters. The molecule has 1 N–H and O–H groups in total. The molecule has 1 unspecified atom stereocenters. The number of hydrogen-bond donors (Lipinski definition) is 1. The second-order valence-electron chi connectivity index (χ2n) is 6.35. The van der Waals surface area contributed by atoms with Gasteiger partial charge in [-0.15, -0.1) is 0 Å². The van der Waals surface area contributed by atoms with Gasteiger partial charge in [0.1, 0.15) is 18.4 Å². The Hall–Kier alpha value is -3.16. The van der Waals surface area contributed by atoms with Gasteiger partial charge in [-0.25, -0.2) is 9.67 Å². The lowest BCUT2D eigenvalue weighted by Crippen LogP contribution is -2.27. The molecule has 2 aromatic heterocycles. The third kappa shape index (κ3) is 4.52. The van der Waals surface area contributed by atoms with Crippen LogP contribution in [-0.4, -0.2) is 37.6 Å². The molecule has 2 heterocycles. The number of benzene rings is 1. The lowest BCUT2D eigenvalue weighted by molar-refractivity contribution is -0.121. The van der Waals surface area contributed by atoms with E-state index >= 15 is 0 Å². The molecule has 0 saturated carbocycles. The molecule has 142 valence electrons. The van der Waals surface area contributed by atoms with E-state index < -0.39 is 0 Å². The zero-order chi connectivity index (χ0) is 19.2. The van der Waals surface area contributed by atoms with E-state index in [1.807, 2.05) is 42.8 Å². The van der Waals surface area contributed by atoms with E-state index in [9.17, 15) is 4.79 Å². The summed E-state index contributed by atoms with van der Waals surface area (Å²) in [7, 11) is 1.64. The van der Waals surface area contributed by atoms with Crippen LogP contribution in [0, 0.1) is 6.92 Å². The lowest BCUT2D eigenvalue weighted by atomic mass is 10.1. The van der Waals surface area contributed by atoms with Gasteiger partial charge in [-0.1, -0.05) is 0 Å². The van der Waals surface area contributed by atoms with Gasteiger partial charge in [0, 0.05) is 24.2 Å². The Labute approximate surface area is 158 Å². The average Bonchev–Trinajstić information content (AvgIpc) is 3.31. The summed E-state index contributed by atoms with van der Waals surface area (Å²) in [6.45, 7) is 4.65. The number of aromatic nitrogens is 5. The third-order valence-corrected chi connectivity index (χ3v) is 4.47. The van der Waals surface area contributed by atoms with Gasteiger partial charge >= 0.3 is 0 Å². The second-order valence-corrected chi connectivity index (χ2v) is 6.35. The maximum atomic E-state index is 12.2. The molecule has 0 radical (unpaired) electrons. The van der Waals surface area contributed by atoms with Crippen molar-refractivity contribution in [2.45, 2.75) is 39.3 Å². The van der Waals surface area contributed by atoms with Crippen LogP contribution in [0.2, 0.25) is 0 Å². The molecule has 8 heteroatoms. The highest BCUT2D eigenvalue weighted by Crippen LogP contribution is 2.21. The molecule has 0 saturated heterocycles. The highest BCUT2D eigenvalue weighted by atomic mass is 16.5. The third-order valence-electron chi connectivity index (χ3n) is 4.47. The van der Waals surface area contributed by atoms with Crippen LogP contribution < -0.4 is 10.1 Å². The van der Waals surface area contributed by atoms with Crippen molar-refractivity contribution in [2.75, 3.05) is 7.11 Å². The molecular formula is C19H24N6O2. The molecule has 3 rings (SSSR count). The van der Waals surface area contributed by atoms with Gasteiger partial charge in [-0.05, 0) is 44.5 Å². The van der Waals surface area contributed by atoms with Crippen molar-refractivity contribution in [3.05, 3.63) is 54.4 Å². The number of nitrogens with one attached hydrogen (secondary N) is 1. The molecule has 1 amide bonds. The Morgan fingerprint density at radius 2 is 2.04 bits per heavy atom. The number of hydrogen-bond acceptors (Lipinski definition) is 5. The molecule has 0 aliphatic rings. The fourth-order valence-corrected chi connectivity index (χ4v) is 2.97. The Balaban J connectivity index is 1.58. The summed E-state index contributed by atoms with van der Waals surface area (Å²) < 4.78 is 8.78. The van der Waals surface area contributed by atoms with Gasteiger partial charge in [-0.3, -0.25) is 9.48 Å². The molecule has 1 aromatic carbocycles. The van der Waals surface area contributed by atoms with Crippen LogP contribution in [0.5, 0.6) is 5.75 Å². The summed E-state index contributed by atoms with van der Waals surface area (Å²) >= 11 is 0. The van der Waals surface area contributed by atoms with Gasteiger partial charge in [0.2, 0.25) is 5.91 Å². The van der Waals surface area contributed by atoms with E-state index in [2.05, 4.69) is 20.5 Å². The minimum absolute atomic E-state index is 0.0132. The number of amides is 1. The first-order valence-electron chi connectivity index (χ1n) is 8.89. The van der Waals surface area contributed by atoms with Crippen molar-refractivity contribution in [1.82, 2.24) is 29.9 Å². The van der Waals surface area contributed by atoms with Crippen LogP contribution >= 0.6 is 0 Å². The summed E-state index contributed by atoms with van der Waals surface area (Å²) in [5, 5.41) is 11.5. The quantitative estimate of drug-likeness (QED) is 0.660. The zero-order valence-electron chi connectivity index (χ0n) is 15.8.